The van der Waals surface area contributed by atoms with E-state index in [1.54, 1.807) is 0 Å². The fourth-order valence-electron chi connectivity index (χ4n) is 12.4. The lowest BCUT2D eigenvalue weighted by atomic mass is 9.79. The van der Waals surface area contributed by atoms with Gasteiger partial charge in [-0.15, -0.1) is 0 Å². The molecule has 0 saturated carbocycles. The molecule has 0 bridgehead atoms. The minimum atomic E-state index is -0.185. The van der Waals surface area contributed by atoms with Crippen LogP contribution in [0.3, 0.4) is 0 Å². The zero-order valence-electron chi connectivity index (χ0n) is 40.3. The predicted molar refractivity (Wildman–Crippen MR) is 292 cm³/mol. The summed E-state index contributed by atoms with van der Waals surface area (Å²) in [6.45, 7) is 14.4. The van der Waals surface area contributed by atoms with Gasteiger partial charge in [-0.1, -0.05) is 211 Å². The van der Waals surface area contributed by atoms with Crippen LogP contribution in [0.5, 0.6) is 0 Å². The van der Waals surface area contributed by atoms with E-state index in [2.05, 4.69) is 260 Å². The highest BCUT2D eigenvalue weighted by Crippen LogP contribution is 2.54. The molecule has 0 aromatic heterocycles. The van der Waals surface area contributed by atoms with Crippen LogP contribution in [0.25, 0.3) is 100 Å². The fraction of sp³-hybridized carbons (Fsp3) is 0.130. The smallest absolute Gasteiger partial charge is 0.0159 e. The van der Waals surface area contributed by atoms with Crippen LogP contribution in [0, 0.1) is 0 Å². The first-order chi connectivity index (χ1) is 33.4. The van der Waals surface area contributed by atoms with Crippen molar-refractivity contribution < 1.29 is 0 Å². The lowest BCUT2D eigenvalue weighted by Gasteiger charge is -2.24. The van der Waals surface area contributed by atoms with E-state index in [0.29, 0.717) is 0 Å². The van der Waals surface area contributed by atoms with Gasteiger partial charge < -0.3 is 0 Å². The molecule has 69 heavy (non-hydrogen) atoms. The molecule has 0 heteroatoms. The lowest BCUT2D eigenvalue weighted by molar-refractivity contribution is 0.660. The topological polar surface area (TPSA) is 0 Å². The van der Waals surface area contributed by atoms with Gasteiger partial charge in [0.1, 0.15) is 0 Å². The van der Waals surface area contributed by atoms with Crippen molar-refractivity contribution in [2.24, 2.45) is 0 Å². The molecule has 0 heterocycles. The summed E-state index contributed by atoms with van der Waals surface area (Å²) in [7, 11) is 0. The van der Waals surface area contributed by atoms with Gasteiger partial charge in [-0.3, -0.25) is 0 Å². The molecule has 3 aliphatic carbocycles. The average molecular weight is 883 g/mol. The molecule has 0 fully saturated rings. The Hall–Kier alpha value is -7.80. The second kappa shape index (κ2) is 15.1. The number of rotatable bonds is 6. The SMILES string of the molecule is CC1(C)c2ccccc2-c2ccc(-c3cc(-c4ccccc4)cc(-c4ccc5c(c4)C(C)(C)c4cc(-c6ccc7c(c6)C(C)(C)c6cc(-c8ccccc8-c8ccccc8)ccc6-7)ccc4-5)c3)cc21. The molecule has 0 nitrogen and oxygen atoms in total. The Balaban J connectivity index is 0.843. The molecule has 3 aliphatic rings. The van der Waals surface area contributed by atoms with Crippen molar-refractivity contribution in [3.8, 4) is 100 Å². The summed E-state index contributed by atoms with van der Waals surface area (Å²) in [5.41, 5.74) is 31.0. The summed E-state index contributed by atoms with van der Waals surface area (Å²) in [6.07, 6.45) is 0. The Morgan fingerprint density at radius 2 is 0.449 bits per heavy atom. The molecule has 10 aromatic rings. The standard InChI is InChI=1S/C69H54/c1-67(2)61-24-16-15-23-55(61)56-32-27-47(40-62(56)67)51-35-50(43-17-9-7-10-18-43)36-52(37-51)48-28-33-59-57-30-25-45(38-63(57)68(3,4)65(59)41-48)46-26-31-58-60-34-29-49(42-66(60)69(5,6)64(58)39-46)54-22-14-13-21-53(54)44-19-11-8-12-20-44/h7-42H,1-6H3. The monoisotopic (exact) mass is 882 g/mol. The van der Waals surface area contributed by atoms with Crippen LogP contribution in [0.4, 0.5) is 0 Å². The van der Waals surface area contributed by atoms with Crippen molar-refractivity contribution in [3.63, 3.8) is 0 Å². The third-order valence-corrected chi connectivity index (χ3v) is 16.3. The molecule has 0 unspecified atom stereocenters. The zero-order chi connectivity index (χ0) is 46.8. The molecule has 0 spiro atoms. The minimum absolute atomic E-state index is 0.0629. The van der Waals surface area contributed by atoms with Gasteiger partial charge in [0.2, 0.25) is 0 Å². The molecule has 0 aliphatic heterocycles. The van der Waals surface area contributed by atoms with Gasteiger partial charge in [-0.05, 0) is 182 Å². The molecule has 0 radical (unpaired) electrons. The first-order valence-corrected chi connectivity index (χ1v) is 24.6. The van der Waals surface area contributed by atoms with E-state index in [-0.39, 0.29) is 16.2 Å². The van der Waals surface area contributed by atoms with E-state index < -0.39 is 0 Å². The van der Waals surface area contributed by atoms with Gasteiger partial charge >= 0.3 is 0 Å². The van der Waals surface area contributed by atoms with Crippen molar-refractivity contribution in [3.05, 3.63) is 252 Å². The van der Waals surface area contributed by atoms with Gasteiger partial charge in [0.05, 0.1) is 0 Å². The van der Waals surface area contributed by atoms with E-state index in [4.69, 9.17) is 0 Å². The van der Waals surface area contributed by atoms with Crippen LogP contribution >= 0.6 is 0 Å². The number of fused-ring (bicyclic) bond motifs is 9. The second-order valence-corrected chi connectivity index (χ2v) is 21.3. The average Bonchev–Trinajstić information content (AvgIpc) is 3.87. The van der Waals surface area contributed by atoms with Gasteiger partial charge in [0.15, 0.2) is 0 Å². The van der Waals surface area contributed by atoms with Crippen LogP contribution in [-0.2, 0) is 16.2 Å². The fourth-order valence-corrected chi connectivity index (χ4v) is 12.4. The third-order valence-electron chi connectivity index (χ3n) is 16.3. The molecular weight excluding hydrogens is 829 g/mol. The second-order valence-electron chi connectivity index (χ2n) is 21.3. The first-order valence-electron chi connectivity index (χ1n) is 24.6. The summed E-state index contributed by atoms with van der Waals surface area (Å²) in [6, 6.07) is 82.4. The van der Waals surface area contributed by atoms with Gasteiger partial charge in [0.25, 0.3) is 0 Å². The van der Waals surface area contributed by atoms with E-state index in [1.165, 1.54) is 134 Å². The molecule has 0 amide bonds. The summed E-state index contributed by atoms with van der Waals surface area (Å²) in [5, 5.41) is 0. The van der Waals surface area contributed by atoms with E-state index in [9.17, 15) is 0 Å². The first kappa shape index (κ1) is 41.4. The Kier molecular flexibility index (Phi) is 9.06. The predicted octanol–water partition coefficient (Wildman–Crippen LogP) is 18.6. The number of hydrogen-bond acceptors (Lipinski definition) is 0. The van der Waals surface area contributed by atoms with Crippen LogP contribution < -0.4 is 0 Å². The van der Waals surface area contributed by atoms with Gasteiger partial charge in [-0.2, -0.15) is 0 Å². The van der Waals surface area contributed by atoms with Crippen LogP contribution in [-0.4, -0.2) is 0 Å². The minimum Gasteiger partial charge on any atom is -0.0622 e. The Morgan fingerprint density at radius 1 is 0.174 bits per heavy atom. The summed E-state index contributed by atoms with van der Waals surface area (Å²) in [5.74, 6) is 0. The van der Waals surface area contributed by atoms with Gasteiger partial charge in [0, 0.05) is 16.2 Å². The third kappa shape index (κ3) is 6.35. The van der Waals surface area contributed by atoms with Crippen LogP contribution in [0.15, 0.2) is 218 Å². The highest BCUT2D eigenvalue weighted by atomic mass is 14.4. The van der Waals surface area contributed by atoms with Crippen molar-refractivity contribution in [1.29, 1.82) is 0 Å². The maximum atomic E-state index is 2.48. The maximum absolute atomic E-state index is 2.48. The van der Waals surface area contributed by atoms with E-state index in [0.717, 1.165) is 0 Å². The van der Waals surface area contributed by atoms with Crippen molar-refractivity contribution >= 4 is 0 Å². The molecule has 0 saturated heterocycles. The van der Waals surface area contributed by atoms with E-state index in [1.807, 2.05) is 0 Å². The molecule has 0 atom stereocenters. The van der Waals surface area contributed by atoms with Crippen molar-refractivity contribution in [2.45, 2.75) is 57.8 Å². The number of hydrogen-bond donors (Lipinski definition) is 0. The summed E-state index contributed by atoms with van der Waals surface area (Å²) < 4.78 is 0. The van der Waals surface area contributed by atoms with Crippen LogP contribution in [0.1, 0.15) is 74.9 Å². The maximum Gasteiger partial charge on any atom is 0.0159 e. The molecular formula is C69H54. The Bertz CT molecular complexity index is 3730. The Labute approximate surface area is 407 Å². The molecule has 0 N–H and O–H groups in total. The summed E-state index contributed by atoms with van der Waals surface area (Å²) in [4.78, 5) is 0. The van der Waals surface area contributed by atoms with Crippen molar-refractivity contribution in [1.82, 2.24) is 0 Å². The Morgan fingerprint density at radius 3 is 0.884 bits per heavy atom. The highest BCUT2D eigenvalue weighted by Gasteiger charge is 2.39. The highest BCUT2D eigenvalue weighted by molar-refractivity contribution is 5.92. The quantitative estimate of drug-likeness (QED) is 0.156. The molecule has 13 rings (SSSR count). The van der Waals surface area contributed by atoms with Gasteiger partial charge in [-0.25, -0.2) is 0 Å². The van der Waals surface area contributed by atoms with Crippen LogP contribution in [0.2, 0.25) is 0 Å². The lowest BCUT2D eigenvalue weighted by Crippen LogP contribution is -2.15. The molecule has 10 aromatic carbocycles. The normalized spacial score (nSPS) is 14.9. The largest absolute Gasteiger partial charge is 0.0622 e. The molecule has 330 valence electrons. The zero-order valence-corrected chi connectivity index (χ0v) is 40.3. The number of benzene rings is 10. The summed E-state index contributed by atoms with van der Waals surface area (Å²) >= 11 is 0. The van der Waals surface area contributed by atoms with Crippen molar-refractivity contribution in [2.75, 3.05) is 0 Å². The van der Waals surface area contributed by atoms with E-state index >= 15 is 0 Å².